The first-order valence-corrected chi connectivity index (χ1v) is 6.53. The van der Waals surface area contributed by atoms with Crippen LogP contribution in [-0.4, -0.2) is 6.54 Å². The van der Waals surface area contributed by atoms with Gasteiger partial charge in [0.15, 0.2) is 0 Å². The number of hydrogen-bond acceptors (Lipinski definition) is 1. The van der Waals surface area contributed by atoms with Crippen LogP contribution in [0.5, 0.6) is 0 Å². The number of benzene rings is 1. The summed E-state index contributed by atoms with van der Waals surface area (Å²) in [7, 11) is 0. The summed E-state index contributed by atoms with van der Waals surface area (Å²) < 4.78 is 0. The molecule has 0 saturated heterocycles. The molecule has 88 valence electrons. The van der Waals surface area contributed by atoms with E-state index in [4.69, 9.17) is 0 Å². The molecule has 1 nitrogen and oxygen atoms in total. The summed E-state index contributed by atoms with van der Waals surface area (Å²) in [4.78, 5) is 0. The number of aryl methyl sites for hydroxylation is 1. The highest BCUT2D eigenvalue weighted by molar-refractivity contribution is 5.36. The molecule has 0 spiro atoms. The van der Waals surface area contributed by atoms with Gasteiger partial charge in [-0.1, -0.05) is 25.1 Å². The van der Waals surface area contributed by atoms with Gasteiger partial charge in [0.25, 0.3) is 0 Å². The maximum Gasteiger partial charge on any atom is 0.0351 e. The van der Waals surface area contributed by atoms with Crippen LogP contribution in [0.3, 0.4) is 0 Å². The molecule has 1 aromatic rings. The first-order valence-electron chi connectivity index (χ1n) is 6.53. The minimum absolute atomic E-state index is 0.597. The number of nitrogens with one attached hydrogen (secondary N) is 1. The van der Waals surface area contributed by atoms with Gasteiger partial charge in [-0.2, -0.15) is 0 Å². The molecule has 1 aliphatic carbocycles. The second kappa shape index (κ2) is 5.01. The number of rotatable bonds is 5. The van der Waals surface area contributed by atoms with Gasteiger partial charge in [-0.25, -0.2) is 0 Å². The van der Waals surface area contributed by atoms with Gasteiger partial charge in [0.2, 0.25) is 0 Å². The fraction of sp³-hybridized carbons (Fsp3) is 0.600. The topological polar surface area (TPSA) is 12.0 Å². The molecule has 1 N–H and O–H groups in total. The van der Waals surface area contributed by atoms with Crippen LogP contribution in [0.4, 0.5) is 0 Å². The third kappa shape index (κ3) is 2.46. The molecule has 0 aromatic heterocycles. The Morgan fingerprint density at radius 3 is 2.69 bits per heavy atom. The van der Waals surface area contributed by atoms with Crippen LogP contribution in [0, 0.1) is 19.8 Å². The quantitative estimate of drug-likeness (QED) is 0.792. The van der Waals surface area contributed by atoms with Crippen molar-refractivity contribution in [2.75, 3.05) is 6.54 Å². The Labute approximate surface area is 99.3 Å². The largest absolute Gasteiger partial charge is 0.310 e. The molecule has 1 heteroatoms. The molecule has 1 atom stereocenters. The van der Waals surface area contributed by atoms with Crippen LogP contribution in [0.15, 0.2) is 18.2 Å². The lowest BCUT2D eigenvalue weighted by atomic mass is 9.94. The van der Waals surface area contributed by atoms with Crippen molar-refractivity contribution in [3.63, 3.8) is 0 Å². The van der Waals surface area contributed by atoms with E-state index < -0.39 is 0 Å². The van der Waals surface area contributed by atoms with Crippen molar-refractivity contribution in [3.05, 3.63) is 34.9 Å². The third-order valence-electron chi connectivity index (χ3n) is 3.69. The number of hydrogen-bond donors (Lipinski definition) is 1. The highest BCUT2D eigenvalue weighted by Crippen LogP contribution is 2.42. The summed E-state index contributed by atoms with van der Waals surface area (Å²) >= 11 is 0. The van der Waals surface area contributed by atoms with E-state index in [9.17, 15) is 0 Å². The molecule has 1 saturated carbocycles. The van der Waals surface area contributed by atoms with Crippen molar-refractivity contribution in [2.24, 2.45) is 5.92 Å². The first kappa shape index (κ1) is 11.7. The Hall–Kier alpha value is -0.820. The molecule has 2 rings (SSSR count). The molecule has 1 unspecified atom stereocenters. The van der Waals surface area contributed by atoms with Crippen LogP contribution < -0.4 is 5.32 Å². The average molecular weight is 217 g/mol. The summed E-state index contributed by atoms with van der Waals surface area (Å²) in [5.74, 6) is 0.882. The lowest BCUT2D eigenvalue weighted by Gasteiger charge is -2.21. The zero-order valence-corrected chi connectivity index (χ0v) is 10.7. The normalized spacial score (nSPS) is 17.4. The van der Waals surface area contributed by atoms with Gasteiger partial charge in [0, 0.05) is 6.04 Å². The van der Waals surface area contributed by atoms with Crippen molar-refractivity contribution < 1.29 is 0 Å². The van der Waals surface area contributed by atoms with Crippen LogP contribution in [0.1, 0.15) is 48.9 Å². The van der Waals surface area contributed by atoms with Gasteiger partial charge in [0.05, 0.1) is 0 Å². The molecular formula is C15H23N. The van der Waals surface area contributed by atoms with E-state index in [-0.39, 0.29) is 0 Å². The Bertz CT molecular complexity index is 352. The second-order valence-corrected chi connectivity index (χ2v) is 5.06. The molecule has 1 fully saturated rings. The zero-order chi connectivity index (χ0) is 11.5. The van der Waals surface area contributed by atoms with Crippen molar-refractivity contribution >= 4 is 0 Å². The second-order valence-electron chi connectivity index (χ2n) is 5.06. The highest BCUT2D eigenvalue weighted by Gasteiger charge is 2.32. The molecule has 1 aliphatic rings. The van der Waals surface area contributed by atoms with Crippen LogP contribution in [0.2, 0.25) is 0 Å². The van der Waals surface area contributed by atoms with E-state index in [0.717, 1.165) is 12.5 Å². The van der Waals surface area contributed by atoms with E-state index >= 15 is 0 Å². The highest BCUT2D eigenvalue weighted by atomic mass is 14.9. The van der Waals surface area contributed by atoms with Gasteiger partial charge < -0.3 is 5.32 Å². The fourth-order valence-electron chi connectivity index (χ4n) is 2.37. The average Bonchev–Trinajstić information content (AvgIpc) is 3.08. The summed E-state index contributed by atoms with van der Waals surface area (Å²) in [6, 6.07) is 7.30. The SMILES string of the molecule is CCCNC(c1cccc(C)c1C)C1CC1. The molecule has 0 radical (unpaired) electrons. The van der Waals surface area contributed by atoms with Gasteiger partial charge in [-0.15, -0.1) is 0 Å². The molecule has 0 amide bonds. The molecule has 0 heterocycles. The van der Waals surface area contributed by atoms with Crippen molar-refractivity contribution in [3.8, 4) is 0 Å². The molecule has 1 aromatic carbocycles. The third-order valence-corrected chi connectivity index (χ3v) is 3.69. The lowest BCUT2D eigenvalue weighted by Crippen LogP contribution is -2.24. The summed E-state index contributed by atoms with van der Waals surface area (Å²) in [6.45, 7) is 7.84. The van der Waals surface area contributed by atoms with Crippen molar-refractivity contribution in [2.45, 2.75) is 46.1 Å². The Kier molecular flexibility index (Phi) is 3.65. The summed E-state index contributed by atoms with van der Waals surface area (Å²) in [6.07, 6.45) is 4.01. The maximum absolute atomic E-state index is 3.72. The van der Waals surface area contributed by atoms with Gasteiger partial charge in [-0.05, 0) is 62.3 Å². The van der Waals surface area contributed by atoms with E-state index in [2.05, 4.69) is 44.3 Å². The summed E-state index contributed by atoms with van der Waals surface area (Å²) in [5.41, 5.74) is 4.42. The molecule has 0 aliphatic heterocycles. The molecular weight excluding hydrogens is 194 g/mol. The van der Waals surface area contributed by atoms with E-state index in [1.54, 1.807) is 0 Å². The monoisotopic (exact) mass is 217 g/mol. The minimum Gasteiger partial charge on any atom is -0.310 e. The smallest absolute Gasteiger partial charge is 0.0351 e. The standard InChI is InChI=1S/C15H23N/c1-4-10-16-15(13-8-9-13)14-7-5-6-11(2)12(14)3/h5-7,13,15-16H,4,8-10H2,1-3H3. The predicted molar refractivity (Wildman–Crippen MR) is 69.7 cm³/mol. The van der Waals surface area contributed by atoms with Gasteiger partial charge in [-0.3, -0.25) is 0 Å². The van der Waals surface area contributed by atoms with E-state index in [0.29, 0.717) is 6.04 Å². The van der Waals surface area contributed by atoms with Crippen LogP contribution >= 0.6 is 0 Å². The van der Waals surface area contributed by atoms with Crippen molar-refractivity contribution in [1.29, 1.82) is 0 Å². The first-order chi connectivity index (χ1) is 7.74. The van der Waals surface area contributed by atoms with Crippen LogP contribution in [-0.2, 0) is 0 Å². The van der Waals surface area contributed by atoms with Crippen molar-refractivity contribution in [1.82, 2.24) is 5.32 Å². The Balaban J connectivity index is 2.20. The van der Waals surface area contributed by atoms with Crippen LogP contribution in [0.25, 0.3) is 0 Å². The van der Waals surface area contributed by atoms with E-state index in [1.165, 1.54) is 36.0 Å². The minimum atomic E-state index is 0.597. The maximum atomic E-state index is 3.72. The molecule has 16 heavy (non-hydrogen) atoms. The van der Waals surface area contributed by atoms with E-state index in [1.807, 2.05) is 0 Å². The lowest BCUT2D eigenvalue weighted by molar-refractivity contribution is 0.479. The molecule has 0 bridgehead atoms. The zero-order valence-electron chi connectivity index (χ0n) is 10.7. The fourth-order valence-corrected chi connectivity index (χ4v) is 2.37. The Morgan fingerprint density at radius 2 is 2.06 bits per heavy atom. The Morgan fingerprint density at radius 1 is 1.31 bits per heavy atom. The predicted octanol–water partition coefficient (Wildman–Crippen LogP) is 3.75. The summed E-state index contributed by atoms with van der Waals surface area (Å²) in [5, 5.41) is 3.72. The van der Waals surface area contributed by atoms with Gasteiger partial charge >= 0.3 is 0 Å². The van der Waals surface area contributed by atoms with Gasteiger partial charge in [0.1, 0.15) is 0 Å².